The normalized spacial score (nSPS) is 21.9. The first-order chi connectivity index (χ1) is 11.1. The summed E-state index contributed by atoms with van der Waals surface area (Å²) < 4.78 is 7.45. The van der Waals surface area contributed by atoms with E-state index in [1.807, 2.05) is 0 Å². The van der Waals surface area contributed by atoms with Crippen LogP contribution in [0.2, 0.25) is 0 Å². The van der Waals surface area contributed by atoms with Crippen molar-refractivity contribution in [1.29, 1.82) is 0 Å². The van der Waals surface area contributed by atoms with Gasteiger partial charge >= 0.3 is 5.82 Å². The lowest BCUT2D eigenvalue weighted by atomic mass is 9.89. The van der Waals surface area contributed by atoms with Gasteiger partial charge in [0.05, 0.1) is 6.10 Å². The van der Waals surface area contributed by atoms with Crippen molar-refractivity contribution in [3.8, 4) is 0 Å². The fourth-order valence-electron chi connectivity index (χ4n) is 3.34. The first-order valence-electron chi connectivity index (χ1n) is 8.12. The number of thiazole rings is 1. The van der Waals surface area contributed by atoms with Gasteiger partial charge in [-0.3, -0.25) is 0 Å². The third-order valence-corrected chi connectivity index (χ3v) is 5.40. The summed E-state index contributed by atoms with van der Waals surface area (Å²) in [4.78, 5) is 16.0. The number of ether oxygens (including phenoxy) is 1. The van der Waals surface area contributed by atoms with Crippen LogP contribution in [0.3, 0.4) is 0 Å². The van der Waals surface area contributed by atoms with Gasteiger partial charge < -0.3 is 20.2 Å². The summed E-state index contributed by atoms with van der Waals surface area (Å²) >= 11 is 1.40. The predicted octanol–water partition coefficient (Wildman–Crippen LogP) is 3.70. The highest BCUT2D eigenvalue weighted by Crippen LogP contribution is 2.31. The van der Waals surface area contributed by atoms with E-state index in [-0.39, 0.29) is 22.9 Å². The molecule has 8 heteroatoms. The van der Waals surface area contributed by atoms with Gasteiger partial charge in [0.1, 0.15) is 6.20 Å². The summed E-state index contributed by atoms with van der Waals surface area (Å²) in [6.07, 6.45) is 5.81. The molecule has 0 aliphatic carbocycles. The molecule has 1 aliphatic rings. The zero-order chi connectivity index (χ0) is 16.4. The Morgan fingerprint density at radius 3 is 3.04 bits per heavy atom. The van der Waals surface area contributed by atoms with Gasteiger partial charge in [0.25, 0.3) is 4.96 Å². The Kier molecular flexibility index (Phi) is 4.82. The lowest BCUT2D eigenvalue weighted by Crippen LogP contribution is -2.38. The number of fused-ring (bicyclic) bond motifs is 1. The summed E-state index contributed by atoms with van der Waals surface area (Å²) in [5.74, 6) is 0.934. The van der Waals surface area contributed by atoms with Crippen LogP contribution in [0.5, 0.6) is 0 Å². The van der Waals surface area contributed by atoms with E-state index in [1.54, 1.807) is 11.6 Å². The molecule has 3 heterocycles. The molecule has 2 atom stereocenters. The van der Waals surface area contributed by atoms with Crippen LogP contribution in [0.1, 0.15) is 39.5 Å². The minimum absolute atomic E-state index is 0.0202. The van der Waals surface area contributed by atoms with E-state index in [4.69, 9.17) is 4.74 Å². The van der Waals surface area contributed by atoms with Crippen molar-refractivity contribution in [2.75, 3.05) is 11.9 Å². The zero-order valence-electron chi connectivity index (χ0n) is 13.4. The minimum Gasteiger partial charge on any atom is -0.378 e. The maximum atomic E-state index is 11.4. The van der Waals surface area contributed by atoms with Crippen LogP contribution in [-0.2, 0) is 4.74 Å². The Labute approximate surface area is 138 Å². The molecule has 1 aliphatic heterocycles. The summed E-state index contributed by atoms with van der Waals surface area (Å²) in [6.45, 7) is 5.06. The zero-order valence-corrected chi connectivity index (χ0v) is 14.2. The van der Waals surface area contributed by atoms with Crippen molar-refractivity contribution in [1.82, 2.24) is 9.38 Å². The van der Waals surface area contributed by atoms with Crippen LogP contribution >= 0.6 is 11.3 Å². The lowest BCUT2D eigenvalue weighted by Gasteiger charge is -2.34. The smallest absolute Gasteiger partial charge is 0.372 e. The fourth-order valence-corrected chi connectivity index (χ4v) is 4.05. The van der Waals surface area contributed by atoms with Gasteiger partial charge in [0.15, 0.2) is 0 Å². The molecule has 126 valence electrons. The largest absolute Gasteiger partial charge is 0.378 e. The topological polar surface area (TPSA) is 81.7 Å². The van der Waals surface area contributed by atoms with E-state index in [9.17, 15) is 10.1 Å². The van der Waals surface area contributed by atoms with Gasteiger partial charge in [-0.1, -0.05) is 38.0 Å². The van der Waals surface area contributed by atoms with Crippen LogP contribution in [0.25, 0.3) is 4.96 Å². The highest BCUT2D eigenvalue weighted by molar-refractivity contribution is 7.15. The average Bonchev–Trinajstić information content (AvgIpc) is 3.09. The summed E-state index contributed by atoms with van der Waals surface area (Å²) in [5.41, 5.74) is 0. The van der Waals surface area contributed by atoms with Gasteiger partial charge in [-0.05, 0) is 23.7 Å². The first kappa shape index (κ1) is 16.2. The Morgan fingerprint density at radius 2 is 2.35 bits per heavy atom. The maximum absolute atomic E-state index is 11.4. The van der Waals surface area contributed by atoms with E-state index in [0.717, 1.165) is 25.7 Å². The monoisotopic (exact) mass is 338 g/mol. The molecule has 2 aromatic heterocycles. The number of hydrogen-bond donors (Lipinski definition) is 1. The van der Waals surface area contributed by atoms with Crippen LogP contribution < -0.4 is 5.32 Å². The number of nitrogens with one attached hydrogen (secondary N) is 1. The third kappa shape index (κ3) is 3.18. The molecular weight excluding hydrogens is 316 g/mol. The molecule has 0 aromatic carbocycles. The maximum Gasteiger partial charge on any atom is 0.372 e. The molecule has 0 saturated carbocycles. The molecule has 1 saturated heterocycles. The van der Waals surface area contributed by atoms with Gasteiger partial charge in [-0.25, -0.2) is 0 Å². The Balaban J connectivity index is 1.77. The molecule has 0 amide bonds. The van der Waals surface area contributed by atoms with Crippen molar-refractivity contribution in [2.45, 2.75) is 51.7 Å². The van der Waals surface area contributed by atoms with Crippen molar-refractivity contribution >= 4 is 27.9 Å². The third-order valence-electron chi connectivity index (χ3n) is 4.64. The van der Waals surface area contributed by atoms with Gasteiger partial charge in [0, 0.05) is 18.0 Å². The van der Waals surface area contributed by atoms with Crippen molar-refractivity contribution in [3.63, 3.8) is 0 Å². The number of hydrogen-bond acceptors (Lipinski definition) is 6. The van der Waals surface area contributed by atoms with Gasteiger partial charge in [-0.15, -0.1) is 0 Å². The Morgan fingerprint density at radius 1 is 1.57 bits per heavy atom. The first-order valence-corrected chi connectivity index (χ1v) is 9.00. The number of nitro groups is 1. The molecule has 1 fully saturated rings. The molecule has 0 spiro atoms. The van der Waals surface area contributed by atoms with E-state index in [2.05, 4.69) is 24.1 Å². The predicted molar refractivity (Wildman–Crippen MR) is 90.2 cm³/mol. The molecule has 3 rings (SSSR count). The standard InChI is InChI=1S/C15H22N4O3S/c1-3-10(4-2)12-9-11(5-7-22-12)16-13-14(19(20)21)18-6-8-23-15(18)17-13/h6,8,10-12,16H,3-5,7,9H2,1-2H3. The average molecular weight is 338 g/mol. The van der Waals surface area contributed by atoms with Crippen LogP contribution in [0, 0.1) is 16.0 Å². The van der Waals surface area contributed by atoms with Gasteiger partial charge in [0.2, 0.25) is 5.82 Å². The summed E-state index contributed by atoms with van der Waals surface area (Å²) in [6, 6.07) is 0.164. The highest BCUT2D eigenvalue weighted by Gasteiger charge is 2.31. The number of anilines is 1. The Bertz CT molecular complexity index is 679. The molecule has 0 bridgehead atoms. The van der Waals surface area contributed by atoms with Crippen molar-refractivity contribution in [2.24, 2.45) is 5.92 Å². The Hall–Kier alpha value is -1.67. The molecule has 1 N–H and O–H groups in total. The number of rotatable bonds is 6. The van der Waals surface area contributed by atoms with Crippen molar-refractivity contribution < 1.29 is 9.66 Å². The summed E-state index contributed by atoms with van der Waals surface area (Å²) in [5, 5.41) is 16.5. The van der Waals surface area contributed by atoms with Crippen molar-refractivity contribution in [3.05, 3.63) is 21.7 Å². The van der Waals surface area contributed by atoms with E-state index in [1.165, 1.54) is 15.7 Å². The molecule has 7 nitrogen and oxygen atoms in total. The number of nitrogens with zero attached hydrogens (tertiary/aromatic N) is 3. The van der Waals surface area contributed by atoms with Crippen LogP contribution in [0.4, 0.5) is 11.6 Å². The van der Waals surface area contributed by atoms with Gasteiger partial charge in [-0.2, -0.15) is 9.38 Å². The van der Waals surface area contributed by atoms with Crippen LogP contribution in [-0.4, -0.2) is 33.1 Å². The summed E-state index contributed by atoms with van der Waals surface area (Å²) in [7, 11) is 0. The minimum atomic E-state index is -0.368. The fraction of sp³-hybridized carbons (Fsp3) is 0.667. The second-order valence-corrected chi connectivity index (χ2v) is 6.82. The highest BCUT2D eigenvalue weighted by atomic mass is 32.1. The lowest BCUT2D eigenvalue weighted by molar-refractivity contribution is -0.389. The van der Waals surface area contributed by atoms with Crippen LogP contribution in [0.15, 0.2) is 11.6 Å². The quantitative estimate of drug-likeness (QED) is 0.641. The second kappa shape index (κ2) is 6.84. The molecule has 0 radical (unpaired) electrons. The number of imidazole rings is 1. The molecule has 23 heavy (non-hydrogen) atoms. The molecule has 2 aromatic rings. The SMILES string of the molecule is CCC(CC)C1CC(Nc2nc3sccn3c2[N+](=O)[O-])CCO1. The van der Waals surface area contributed by atoms with E-state index in [0.29, 0.717) is 23.3 Å². The molecule has 2 unspecified atom stereocenters. The van der Waals surface area contributed by atoms with E-state index < -0.39 is 0 Å². The number of aromatic nitrogens is 2. The molecular formula is C15H22N4O3S. The van der Waals surface area contributed by atoms with E-state index >= 15 is 0 Å². The second-order valence-electron chi connectivity index (χ2n) is 5.95.